The number of pyridine rings is 1. The molecule has 1 aromatic heterocycles. The third-order valence-corrected chi connectivity index (χ3v) is 4.72. The number of ether oxygens (including phenoxy) is 1. The predicted octanol–water partition coefficient (Wildman–Crippen LogP) is 3.85. The van der Waals surface area contributed by atoms with Crippen LogP contribution in [0.2, 0.25) is 0 Å². The Labute approximate surface area is 92.4 Å². The van der Waals surface area contributed by atoms with Crippen LogP contribution in [0.4, 0.5) is 0 Å². The van der Waals surface area contributed by atoms with E-state index in [1.165, 1.54) is 0 Å². The Morgan fingerprint density at radius 1 is 1.54 bits per heavy atom. The molecule has 0 aliphatic heterocycles. The van der Waals surface area contributed by atoms with Crippen LogP contribution in [0, 0.1) is 3.70 Å². The van der Waals surface area contributed by atoms with E-state index < -0.39 is 17.6 Å². The molecule has 1 heterocycles. The molecular weight excluding hydrogens is 324 g/mol. The second-order valence-corrected chi connectivity index (χ2v) is 9.30. The van der Waals surface area contributed by atoms with Crippen molar-refractivity contribution in [2.45, 2.75) is 13.3 Å². The number of nitrogens with zero attached hydrogens (tertiary/aromatic N) is 1. The second kappa shape index (κ2) is 5.88. The molecule has 0 aliphatic carbocycles. The van der Waals surface area contributed by atoms with Crippen LogP contribution in [-0.2, 0) is 0 Å². The summed E-state index contributed by atoms with van der Waals surface area (Å²) in [6.45, 7) is 2.73. The molecule has 74 valence electrons. The molecule has 0 spiro atoms. The molecule has 0 N–H and O–H groups in total. The fraction of sp³-hybridized carbons (Fsp3) is 0.375. The summed E-state index contributed by atoms with van der Waals surface area (Å²) >= 11 is -2.07. The zero-order valence-electron chi connectivity index (χ0n) is 7.14. The Morgan fingerprint density at radius 3 is 2.92 bits per heavy atom. The van der Waals surface area contributed by atoms with Gasteiger partial charge in [0.15, 0.2) is 0 Å². The molecule has 0 bridgehead atoms. The van der Waals surface area contributed by atoms with Gasteiger partial charge >= 0.3 is 92.8 Å². The Hall–Kier alpha value is 0.260. The normalized spacial score (nSPS) is 11.2. The van der Waals surface area contributed by atoms with Gasteiger partial charge in [-0.2, -0.15) is 0 Å². The van der Waals surface area contributed by atoms with Gasteiger partial charge in [-0.1, -0.05) is 0 Å². The average molecular weight is 334 g/mol. The van der Waals surface area contributed by atoms with E-state index in [4.69, 9.17) is 22.6 Å². The molecule has 0 aromatic carbocycles. The summed E-state index contributed by atoms with van der Waals surface area (Å²) in [5, 5.41) is 0. The molecular formula is C8H10Cl2INO. The van der Waals surface area contributed by atoms with E-state index in [9.17, 15) is 0 Å². The first-order valence-corrected chi connectivity index (χ1v) is 10.4. The van der Waals surface area contributed by atoms with Gasteiger partial charge in [-0.05, 0) is 0 Å². The summed E-state index contributed by atoms with van der Waals surface area (Å²) in [7, 11) is 11.7. The van der Waals surface area contributed by atoms with Gasteiger partial charge in [0.2, 0.25) is 0 Å². The number of halogens is 3. The number of aromatic nitrogens is 1. The topological polar surface area (TPSA) is 22.1 Å². The zero-order valence-corrected chi connectivity index (χ0v) is 10.8. The summed E-state index contributed by atoms with van der Waals surface area (Å²) < 4.78 is 6.19. The predicted molar refractivity (Wildman–Crippen MR) is 64.4 cm³/mol. The minimum atomic E-state index is -2.07. The average Bonchev–Trinajstić information content (AvgIpc) is 2.15. The van der Waals surface area contributed by atoms with Gasteiger partial charge < -0.3 is 0 Å². The van der Waals surface area contributed by atoms with Crippen LogP contribution in [0.5, 0.6) is 5.75 Å². The molecule has 0 fully saturated rings. The van der Waals surface area contributed by atoms with Crippen LogP contribution >= 0.6 is 35.4 Å². The summed E-state index contributed by atoms with van der Waals surface area (Å²) in [5.74, 6) is 0.736. The Bertz CT molecular complexity index is 270. The standard InChI is InChI=1S/C8H10Cl2INO/c1-2-6-13-7-4-3-5-12-8(7)11(9)10/h3-5H,2,6H2,1H3. The van der Waals surface area contributed by atoms with Crippen LogP contribution in [0.3, 0.4) is 0 Å². The van der Waals surface area contributed by atoms with Crippen LogP contribution < -0.4 is 4.74 Å². The molecule has 0 saturated carbocycles. The van der Waals surface area contributed by atoms with Crippen molar-refractivity contribution < 1.29 is 4.74 Å². The number of hydrogen-bond donors (Lipinski definition) is 0. The van der Waals surface area contributed by atoms with Crippen molar-refractivity contribution in [2.75, 3.05) is 6.61 Å². The van der Waals surface area contributed by atoms with E-state index in [0.29, 0.717) is 6.61 Å². The molecule has 0 unspecified atom stereocenters. The Kier molecular flexibility index (Phi) is 5.13. The van der Waals surface area contributed by atoms with E-state index in [1.54, 1.807) is 6.20 Å². The van der Waals surface area contributed by atoms with Crippen molar-refractivity contribution in [3.8, 4) is 5.75 Å². The van der Waals surface area contributed by atoms with Crippen LogP contribution in [0.15, 0.2) is 18.3 Å². The third-order valence-electron chi connectivity index (χ3n) is 1.32. The first-order valence-electron chi connectivity index (χ1n) is 3.86. The molecule has 0 aliphatic rings. The molecule has 0 radical (unpaired) electrons. The molecule has 5 heteroatoms. The van der Waals surface area contributed by atoms with E-state index >= 15 is 0 Å². The van der Waals surface area contributed by atoms with Crippen LogP contribution in [0.1, 0.15) is 13.3 Å². The molecule has 1 rings (SSSR count). The van der Waals surface area contributed by atoms with Crippen molar-refractivity contribution in [1.29, 1.82) is 0 Å². The van der Waals surface area contributed by atoms with Gasteiger partial charge in [-0.3, -0.25) is 0 Å². The molecule has 0 amide bonds. The van der Waals surface area contributed by atoms with E-state index in [-0.39, 0.29) is 0 Å². The van der Waals surface area contributed by atoms with E-state index in [1.807, 2.05) is 19.1 Å². The first-order chi connectivity index (χ1) is 6.25. The summed E-state index contributed by atoms with van der Waals surface area (Å²) in [4.78, 5) is 4.11. The van der Waals surface area contributed by atoms with Gasteiger partial charge in [0, 0.05) is 0 Å². The van der Waals surface area contributed by atoms with Crippen molar-refractivity contribution in [1.82, 2.24) is 4.98 Å². The van der Waals surface area contributed by atoms with Crippen molar-refractivity contribution in [2.24, 2.45) is 0 Å². The van der Waals surface area contributed by atoms with Gasteiger partial charge in [0.05, 0.1) is 0 Å². The van der Waals surface area contributed by atoms with Gasteiger partial charge in [0.25, 0.3) is 0 Å². The summed E-state index contributed by atoms with van der Waals surface area (Å²) in [5.41, 5.74) is 0. The Morgan fingerprint density at radius 2 is 2.31 bits per heavy atom. The summed E-state index contributed by atoms with van der Waals surface area (Å²) in [6, 6.07) is 3.68. The molecule has 1 aromatic rings. The first kappa shape index (κ1) is 11.3. The molecule has 2 nitrogen and oxygen atoms in total. The molecule has 0 saturated heterocycles. The minimum absolute atomic E-state index is 0.677. The second-order valence-electron chi connectivity index (χ2n) is 2.34. The van der Waals surface area contributed by atoms with Gasteiger partial charge in [-0.15, -0.1) is 0 Å². The SMILES string of the molecule is CCCOc1cccnc1I(Cl)Cl. The Balaban J connectivity index is 2.78. The summed E-state index contributed by atoms with van der Waals surface area (Å²) in [6.07, 6.45) is 2.65. The monoisotopic (exact) mass is 333 g/mol. The number of hydrogen-bond acceptors (Lipinski definition) is 2. The van der Waals surface area contributed by atoms with Crippen molar-refractivity contribution in [3.63, 3.8) is 0 Å². The third kappa shape index (κ3) is 3.48. The molecule has 0 atom stereocenters. The van der Waals surface area contributed by atoms with Crippen molar-refractivity contribution in [3.05, 3.63) is 22.0 Å². The van der Waals surface area contributed by atoms with Crippen LogP contribution in [-0.4, -0.2) is 11.6 Å². The fourth-order valence-corrected chi connectivity index (χ4v) is 3.35. The zero-order chi connectivity index (χ0) is 9.68. The van der Waals surface area contributed by atoms with Gasteiger partial charge in [0.1, 0.15) is 0 Å². The molecule has 13 heavy (non-hydrogen) atoms. The van der Waals surface area contributed by atoms with Gasteiger partial charge in [-0.25, -0.2) is 0 Å². The van der Waals surface area contributed by atoms with E-state index in [2.05, 4.69) is 4.98 Å². The fourth-order valence-electron chi connectivity index (χ4n) is 0.798. The maximum atomic E-state index is 5.87. The van der Waals surface area contributed by atoms with E-state index in [0.717, 1.165) is 15.9 Å². The quantitative estimate of drug-likeness (QED) is 0.616. The van der Waals surface area contributed by atoms with Crippen molar-refractivity contribution >= 4 is 35.4 Å². The number of rotatable bonds is 4. The van der Waals surface area contributed by atoms with Crippen LogP contribution in [0.25, 0.3) is 0 Å². The maximum absolute atomic E-state index is 5.87.